The summed E-state index contributed by atoms with van der Waals surface area (Å²) in [6.45, 7) is 0. The molecule has 0 unspecified atom stereocenters. The summed E-state index contributed by atoms with van der Waals surface area (Å²) in [4.78, 5) is 11.4. The van der Waals surface area contributed by atoms with E-state index in [-0.39, 0.29) is 11.2 Å². The lowest BCUT2D eigenvalue weighted by Crippen LogP contribution is -2.49. The summed E-state index contributed by atoms with van der Waals surface area (Å²) >= 11 is 0. The van der Waals surface area contributed by atoms with Gasteiger partial charge in [0.25, 0.3) is 0 Å². The standard InChI is InChI=1S/C13H13FO2/c14-10-4-2-1-3-9(10)13(11(15)16)7-12(8-13)5-6-12/h1-4H,5-8H2,(H,15,16). The first kappa shape index (κ1) is 9.82. The minimum atomic E-state index is -0.957. The lowest BCUT2D eigenvalue weighted by atomic mass is 9.56. The van der Waals surface area contributed by atoms with Crippen LogP contribution in [0.15, 0.2) is 24.3 Å². The lowest BCUT2D eigenvalue weighted by molar-refractivity contribution is -0.151. The van der Waals surface area contributed by atoms with Gasteiger partial charge in [-0.05, 0) is 37.2 Å². The van der Waals surface area contributed by atoms with Crippen molar-refractivity contribution in [2.24, 2.45) is 5.41 Å². The Kier molecular flexibility index (Phi) is 1.74. The third-order valence-corrected chi connectivity index (χ3v) is 4.11. The SMILES string of the molecule is O=C(O)C1(c2ccccc2F)CC2(CC2)C1. The van der Waals surface area contributed by atoms with Crippen LogP contribution in [0, 0.1) is 11.2 Å². The Morgan fingerprint density at radius 2 is 1.88 bits per heavy atom. The number of halogens is 1. The first-order valence-electron chi connectivity index (χ1n) is 5.57. The van der Waals surface area contributed by atoms with Gasteiger partial charge in [0.1, 0.15) is 5.82 Å². The number of aliphatic carboxylic acids is 1. The molecule has 1 N–H and O–H groups in total. The molecule has 2 aliphatic rings. The van der Waals surface area contributed by atoms with E-state index < -0.39 is 11.4 Å². The molecule has 84 valence electrons. The minimum Gasteiger partial charge on any atom is -0.481 e. The second kappa shape index (κ2) is 2.84. The highest BCUT2D eigenvalue weighted by molar-refractivity contribution is 5.83. The van der Waals surface area contributed by atoms with Crippen molar-refractivity contribution in [3.05, 3.63) is 35.6 Å². The fourth-order valence-electron chi connectivity index (χ4n) is 3.07. The average Bonchev–Trinajstić information content (AvgIpc) is 2.95. The molecule has 2 nitrogen and oxygen atoms in total. The maximum Gasteiger partial charge on any atom is 0.314 e. The number of carboxylic acids is 1. The van der Waals surface area contributed by atoms with Crippen LogP contribution < -0.4 is 0 Å². The molecule has 0 aliphatic heterocycles. The van der Waals surface area contributed by atoms with E-state index in [2.05, 4.69) is 0 Å². The fraction of sp³-hybridized carbons (Fsp3) is 0.462. The molecule has 0 amide bonds. The first-order valence-corrected chi connectivity index (χ1v) is 5.57. The van der Waals surface area contributed by atoms with Crippen molar-refractivity contribution in [1.82, 2.24) is 0 Å². The summed E-state index contributed by atoms with van der Waals surface area (Å²) in [5.41, 5.74) is -0.359. The van der Waals surface area contributed by atoms with E-state index in [1.807, 2.05) is 0 Å². The Balaban J connectivity index is 2.02. The predicted octanol–water partition coefficient (Wildman–Crippen LogP) is 2.72. The van der Waals surface area contributed by atoms with Gasteiger partial charge < -0.3 is 5.11 Å². The Hall–Kier alpha value is -1.38. The molecule has 0 bridgehead atoms. The van der Waals surface area contributed by atoms with Crippen LogP contribution in [0.25, 0.3) is 0 Å². The molecule has 1 spiro atoms. The molecular weight excluding hydrogens is 207 g/mol. The second-order valence-corrected chi connectivity index (χ2v) is 5.22. The van der Waals surface area contributed by atoms with E-state index in [9.17, 15) is 14.3 Å². The third kappa shape index (κ3) is 1.14. The maximum absolute atomic E-state index is 13.7. The van der Waals surface area contributed by atoms with E-state index in [0.717, 1.165) is 12.8 Å². The lowest BCUT2D eigenvalue weighted by Gasteiger charge is -2.45. The normalized spacial score (nSPS) is 23.8. The molecule has 2 fully saturated rings. The highest BCUT2D eigenvalue weighted by atomic mass is 19.1. The van der Waals surface area contributed by atoms with Crippen molar-refractivity contribution >= 4 is 5.97 Å². The van der Waals surface area contributed by atoms with Gasteiger partial charge in [0.2, 0.25) is 0 Å². The minimum absolute atomic E-state index is 0.237. The summed E-state index contributed by atoms with van der Waals surface area (Å²) in [5.74, 6) is -1.27. The van der Waals surface area contributed by atoms with Crippen LogP contribution in [-0.2, 0) is 10.2 Å². The first-order chi connectivity index (χ1) is 7.58. The second-order valence-electron chi connectivity index (χ2n) is 5.22. The van der Waals surface area contributed by atoms with Gasteiger partial charge in [-0.1, -0.05) is 18.2 Å². The van der Waals surface area contributed by atoms with Crippen molar-refractivity contribution in [3.63, 3.8) is 0 Å². The molecule has 2 aliphatic carbocycles. The number of hydrogen-bond acceptors (Lipinski definition) is 1. The van der Waals surface area contributed by atoms with Crippen LogP contribution in [0.3, 0.4) is 0 Å². The molecule has 0 atom stereocenters. The quantitative estimate of drug-likeness (QED) is 0.832. The molecule has 1 aromatic carbocycles. The summed E-state index contributed by atoms with van der Waals surface area (Å²) < 4.78 is 13.7. The van der Waals surface area contributed by atoms with Crippen LogP contribution >= 0.6 is 0 Å². The number of hydrogen-bond donors (Lipinski definition) is 1. The van der Waals surface area contributed by atoms with Crippen molar-refractivity contribution in [2.45, 2.75) is 31.1 Å². The number of benzene rings is 1. The van der Waals surface area contributed by atoms with Gasteiger partial charge in [0.05, 0.1) is 5.41 Å². The zero-order chi connectivity index (χ0) is 11.4. The smallest absolute Gasteiger partial charge is 0.314 e. The van der Waals surface area contributed by atoms with Crippen LogP contribution in [0.2, 0.25) is 0 Å². The Bertz CT molecular complexity index is 455. The van der Waals surface area contributed by atoms with E-state index in [4.69, 9.17) is 0 Å². The van der Waals surface area contributed by atoms with Crippen molar-refractivity contribution < 1.29 is 14.3 Å². The van der Waals surface area contributed by atoms with E-state index in [0.29, 0.717) is 18.4 Å². The molecule has 2 saturated carbocycles. The highest BCUT2D eigenvalue weighted by Gasteiger charge is 2.65. The van der Waals surface area contributed by atoms with Gasteiger partial charge in [0.15, 0.2) is 0 Å². The zero-order valence-electron chi connectivity index (χ0n) is 8.87. The van der Waals surface area contributed by atoms with Gasteiger partial charge in [-0.2, -0.15) is 0 Å². The predicted molar refractivity (Wildman–Crippen MR) is 56.6 cm³/mol. The van der Waals surface area contributed by atoms with Crippen LogP contribution in [0.4, 0.5) is 4.39 Å². The van der Waals surface area contributed by atoms with Crippen LogP contribution in [0.5, 0.6) is 0 Å². The molecule has 0 heterocycles. The molecule has 3 heteroatoms. The number of rotatable bonds is 2. The van der Waals surface area contributed by atoms with E-state index >= 15 is 0 Å². The van der Waals surface area contributed by atoms with Crippen LogP contribution in [0.1, 0.15) is 31.2 Å². The number of carboxylic acid groups (broad SMARTS) is 1. The Labute approximate surface area is 93.1 Å². The summed E-state index contributed by atoms with van der Waals surface area (Å²) in [6.07, 6.45) is 3.43. The average molecular weight is 220 g/mol. The molecule has 1 aromatic rings. The Morgan fingerprint density at radius 3 is 2.38 bits per heavy atom. The van der Waals surface area contributed by atoms with Gasteiger partial charge in [-0.3, -0.25) is 4.79 Å². The van der Waals surface area contributed by atoms with Gasteiger partial charge in [-0.15, -0.1) is 0 Å². The monoisotopic (exact) mass is 220 g/mol. The van der Waals surface area contributed by atoms with Crippen molar-refractivity contribution in [1.29, 1.82) is 0 Å². The fourth-order valence-corrected chi connectivity index (χ4v) is 3.07. The maximum atomic E-state index is 13.7. The summed E-state index contributed by atoms with van der Waals surface area (Å²) in [5, 5.41) is 9.35. The summed E-state index contributed by atoms with van der Waals surface area (Å²) in [6, 6.07) is 6.26. The van der Waals surface area contributed by atoms with E-state index in [1.165, 1.54) is 6.07 Å². The van der Waals surface area contributed by atoms with Crippen molar-refractivity contribution in [3.8, 4) is 0 Å². The van der Waals surface area contributed by atoms with Gasteiger partial charge in [-0.25, -0.2) is 4.39 Å². The van der Waals surface area contributed by atoms with Gasteiger partial charge in [0, 0.05) is 5.56 Å². The van der Waals surface area contributed by atoms with Crippen LogP contribution in [-0.4, -0.2) is 11.1 Å². The van der Waals surface area contributed by atoms with E-state index in [1.54, 1.807) is 18.2 Å². The largest absolute Gasteiger partial charge is 0.481 e. The highest BCUT2D eigenvalue weighted by Crippen LogP contribution is 2.69. The zero-order valence-corrected chi connectivity index (χ0v) is 8.87. The molecule has 0 aromatic heterocycles. The van der Waals surface area contributed by atoms with Crippen molar-refractivity contribution in [2.75, 3.05) is 0 Å². The summed E-state index contributed by atoms with van der Waals surface area (Å²) in [7, 11) is 0. The molecule has 0 saturated heterocycles. The number of carbonyl (C=O) groups is 1. The molecular formula is C13H13FO2. The van der Waals surface area contributed by atoms with Gasteiger partial charge >= 0.3 is 5.97 Å². The third-order valence-electron chi connectivity index (χ3n) is 4.11. The Morgan fingerprint density at radius 1 is 1.25 bits per heavy atom. The molecule has 0 radical (unpaired) electrons. The molecule has 3 rings (SSSR count). The molecule has 16 heavy (non-hydrogen) atoms. The topological polar surface area (TPSA) is 37.3 Å².